The van der Waals surface area contributed by atoms with Gasteiger partial charge in [0.05, 0.1) is 6.10 Å². The molecule has 8 unspecified atom stereocenters. The maximum absolute atomic E-state index is 9.98. The molecule has 0 aromatic rings. The van der Waals surface area contributed by atoms with Crippen LogP contribution in [-0.4, -0.2) is 11.2 Å². The van der Waals surface area contributed by atoms with Gasteiger partial charge in [-0.15, -0.1) is 0 Å². The second-order valence-electron chi connectivity index (χ2n) is 8.80. The highest BCUT2D eigenvalue weighted by Gasteiger charge is 2.52. The minimum atomic E-state index is 0.0214. The Bertz CT molecular complexity index is 365. The summed E-state index contributed by atoms with van der Waals surface area (Å²) in [5.41, 5.74) is 0. The molecule has 0 saturated heterocycles. The van der Waals surface area contributed by atoms with Crippen molar-refractivity contribution in [2.75, 3.05) is 0 Å². The van der Waals surface area contributed by atoms with Crippen molar-refractivity contribution in [1.29, 1.82) is 0 Å². The SMILES string of the molecule is CC1CCC2C3CCC4CC(O)CCC4C3C[C@@H](C)C12. The Morgan fingerprint density at radius 1 is 0.650 bits per heavy atom. The van der Waals surface area contributed by atoms with Crippen molar-refractivity contribution in [2.45, 2.75) is 71.3 Å². The zero-order valence-corrected chi connectivity index (χ0v) is 13.3. The van der Waals surface area contributed by atoms with Crippen LogP contribution in [0.15, 0.2) is 0 Å². The highest BCUT2D eigenvalue weighted by Crippen LogP contribution is 2.60. The highest BCUT2D eigenvalue weighted by atomic mass is 16.3. The van der Waals surface area contributed by atoms with E-state index in [2.05, 4.69) is 13.8 Å². The third kappa shape index (κ3) is 1.99. The van der Waals surface area contributed by atoms with E-state index in [-0.39, 0.29) is 6.10 Å². The van der Waals surface area contributed by atoms with Gasteiger partial charge in [0.25, 0.3) is 0 Å². The largest absolute Gasteiger partial charge is 0.393 e. The molecule has 0 radical (unpaired) electrons. The van der Waals surface area contributed by atoms with Gasteiger partial charge in [0, 0.05) is 0 Å². The summed E-state index contributed by atoms with van der Waals surface area (Å²) in [7, 11) is 0. The molecule has 0 bridgehead atoms. The molecule has 114 valence electrons. The van der Waals surface area contributed by atoms with E-state index in [4.69, 9.17) is 0 Å². The topological polar surface area (TPSA) is 20.2 Å². The van der Waals surface area contributed by atoms with Crippen molar-refractivity contribution in [3.8, 4) is 0 Å². The molecular weight excluding hydrogens is 244 g/mol. The van der Waals surface area contributed by atoms with E-state index < -0.39 is 0 Å². The summed E-state index contributed by atoms with van der Waals surface area (Å²) in [5.74, 6) is 7.96. The fourth-order valence-corrected chi connectivity index (χ4v) is 7.31. The van der Waals surface area contributed by atoms with E-state index in [0.29, 0.717) is 0 Å². The van der Waals surface area contributed by atoms with Crippen molar-refractivity contribution < 1.29 is 5.11 Å². The van der Waals surface area contributed by atoms with Gasteiger partial charge in [-0.25, -0.2) is 0 Å². The van der Waals surface area contributed by atoms with Crippen LogP contribution in [0.3, 0.4) is 0 Å². The van der Waals surface area contributed by atoms with E-state index in [1.54, 1.807) is 0 Å². The quantitative estimate of drug-likeness (QED) is 0.691. The Morgan fingerprint density at radius 2 is 1.40 bits per heavy atom. The summed E-state index contributed by atoms with van der Waals surface area (Å²) in [5, 5.41) is 9.98. The number of rotatable bonds is 0. The molecule has 20 heavy (non-hydrogen) atoms. The lowest BCUT2D eigenvalue weighted by Gasteiger charge is -2.54. The molecule has 0 aromatic carbocycles. The molecule has 1 N–H and O–H groups in total. The van der Waals surface area contributed by atoms with Gasteiger partial charge >= 0.3 is 0 Å². The lowest BCUT2D eigenvalue weighted by molar-refractivity contribution is -0.0660. The lowest BCUT2D eigenvalue weighted by Crippen LogP contribution is -2.47. The molecule has 9 atom stereocenters. The predicted molar refractivity (Wildman–Crippen MR) is 82.2 cm³/mol. The Labute approximate surface area is 124 Å². The van der Waals surface area contributed by atoms with Gasteiger partial charge in [-0.05, 0) is 92.3 Å². The van der Waals surface area contributed by atoms with E-state index in [1.807, 2.05) is 0 Å². The third-order valence-electron chi connectivity index (χ3n) is 7.94. The van der Waals surface area contributed by atoms with Gasteiger partial charge in [0.15, 0.2) is 0 Å². The second kappa shape index (κ2) is 5.00. The van der Waals surface area contributed by atoms with Crippen LogP contribution < -0.4 is 0 Å². The first-order valence-electron chi connectivity index (χ1n) is 9.33. The number of hydrogen-bond donors (Lipinski definition) is 1. The van der Waals surface area contributed by atoms with Crippen LogP contribution in [0.5, 0.6) is 0 Å². The molecule has 1 heteroatoms. The number of aliphatic hydroxyl groups excluding tert-OH is 1. The van der Waals surface area contributed by atoms with Crippen LogP contribution in [0.1, 0.15) is 65.2 Å². The molecule has 0 aromatic heterocycles. The summed E-state index contributed by atoms with van der Waals surface area (Å²) in [6.45, 7) is 5.07. The zero-order chi connectivity index (χ0) is 13.9. The van der Waals surface area contributed by atoms with Crippen LogP contribution in [0.2, 0.25) is 0 Å². The molecule has 0 heterocycles. The average Bonchev–Trinajstić information content (AvgIpc) is 2.81. The van der Waals surface area contributed by atoms with Crippen LogP contribution in [0.25, 0.3) is 0 Å². The number of fused-ring (bicyclic) bond motifs is 5. The maximum Gasteiger partial charge on any atom is 0.0543 e. The summed E-state index contributed by atoms with van der Waals surface area (Å²) < 4.78 is 0. The summed E-state index contributed by atoms with van der Waals surface area (Å²) >= 11 is 0. The van der Waals surface area contributed by atoms with E-state index in [9.17, 15) is 5.11 Å². The lowest BCUT2D eigenvalue weighted by atomic mass is 9.51. The standard InChI is InChI=1S/C19H32O/c1-11-3-6-17-16-7-4-13-10-14(20)5-8-15(13)18(16)9-12(2)19(11)17/h11-20H,3-10H2,1-2H3/t11?,12-,13?,14?,15?,16?,17?,18?,19?/m1/s1. The summed E-state index contributed by atoms with van der Waals surface area (Å²) in [6.07, 6.45) is 11.0. The van der Waals surface area contributed by atoms with Gasteiger partial charge in [-0.1, -0.05) is 20.3 Å². The summed E-state index contributed by atoms with van der Waals surface area (Å²) in [4.78, 5) is 0. The normalized spacial score (nSPS) is 58.6. The smallest absolute Gasteiger partial charge is 0.0543 e. The van der Waals surface area contributed by atoms with Gasteiger partial charge in [-0.3, -0.25) is 0 Å². The number of hydrogen-bond acceptors (Lipinski definition) is 1. The van der Waals surface area contributed by atoms with Crippen LogP contribution in [-0.2, 0) is 0 Å². The maximum atomic E-state index is 9.98. The first-order valence-corrected chi connectivity index (χ1v) is 9.33. The van der Waals surface area contributed by atoms with Crippen molar-refractivity contribution in [3.63, 3.8) is 0 Å². The third-order valence-corrected chi connectivity index (χ3v) is 7.94. The monoisotopic (exact) mass is 276 g/mol. The van der Waals surface area contributed by atoms with Gasteiger partial charge < -0.3 is 5.11 Å². The van der Waals surface area contributed by atoms with Crippen LogP contribution in [0.4, 0.5) is 0 Å². The van der Waals surface area contributed by atoms with Crippen LogP contribution in [0, 0.1) is 47.3 Å². The Kier molecular flexibility index (Phi) is 3.41. The van der Waals surface area contributed by atoms with Crippen molar-refractivity contribution in [3.05, 3.63) is 0 Å². The van der Waals surface area contributed by atoms with Gasteiger partial charge in [0.2, 0.25) is 0 Å². The van der Waals surface area contributed by atoms with Crippen molar-refractivity contribution >= 4 is 0 Å². The molecule has 4 fully saturated rings. The minimum Gasteiger partial charge on any atom is -0.393 e. The van der Waals surface area contributed by atoms with Crippen molar-refractivity contribution in [2.24, 2.45) is 47.3 Å². The highest BCUT2D eigenvalue weighted by molar-refractivity contribution is 5.02. The Morgan fingerprint density at radius 3 is 2.25 bits per heavy atom. The zero-order valence-electron chi connectivity index (χ0n) is 13.3. The first kappa shape index (κ1) is 13.6. The first-order chi connectivity index (χ1) is 9.65. The fourth-order valence-electron chi connectivity index (χ4n) is 7.31. The predicted octanol–water partition coefficient (Wildman–Crippen LogP) is 4.49. The number of aliphatic hydroxyl groups is 1. The molecule has 0 spiro atoms. The molecule has 4 aliphatic rings. The second-order valence-corrected chi connectivity index (χ2v) is 8.80. The van der Waals surface area contributed by atoms with Crippen LogP contribution >= 0.6 is 0 Å². The molecule has 0 aliphatic heterocycles. The molecule has 1 nitrogen and oxygen atoms in total. The van der Waals surface area contributed by atoms with Crippen molar-refractivity contribution in [1.82, 2.24) is 0 Å². The van der Waals surface area contributed by atoms with Gasteiger partial charge in [0.1, 0.15) is 0 Å². The Hall–Kier alpha value is -0.0400. The van der Waals surface area contributed by atoms with Gasteiger partial charge in [-0.2, -0.15) is 0 Å². The average molecular weight is 276 g/mol. The Balaban J connectivity index is 1.57. The van der Waals surface area contributed by atoms with E-state index >= 15 is 0 Å². The van der Waals surface area contributed by atoms with E-state index in [0.717, 1.165) is 60.2 Å². The minimum absolute atomic E-state index is 0.0214. The fraction of sp³-hybridized carbons (Fsp3) is 1.00. The molecule has 4 saturated carbocycles. The molecular formula is C19H32O. The molecule has 0 amide bonds. The molecule has 4 aliphatic carbocycles. The molecule has 4 rings (SSSR count). The summed E-state index contributed by atoms with van der Waals surface area (Å²) in [6, 6.07) is 0. The van der Waals surface area contributed by atoms with E-state index in [1.165, 1.54) is 38.5 Å².